The van der Waals surface area contributed by atoms with Crippen molar-refractivity contribution in [1.29, 1.82) is 0 Å². The molecular weight excluding hydrogens is 313 g/mol. The molecule has 1 rings (SSSR count). The van der Waals surface area contributed by atoms with Gasteiger partial charge in [-0.1, -0.05) is 44.0 Å². The predicted molar refractivity (Wildman–Crippen MR) is 84.6 cm³/mol. The molecule has 0 aliphatic heterocycles. The Morgan fingerprint density at radius 3 is 2.33 bits per heavy atom. The van der Waals surface area contributed by atoms with E-state index in [2.05, 4.69) is 10.1 Å². The number of hydrogen-bond donors (Lipinski definition) is 1. The van der Waals surface area contributed by atoms with Crippen LogP contribution in [0.5, 0.6) is 0 Å². The number of ether oxygens (including phenoxy) is 1. The fourth-order valence-electron chi connectivity index (χ4n) is 1.34. The van der Waals surface area contributed by atoms with Crippen molar-refractivity contribution in [2.45, 2.75) is 20.8 Å². The lowest BCUT2D eigenvalue weighted by Crippen LogP contribution is -2.22. The zero-order valence-electron chi connectivity index (χ0n) is 12.3. The second-order valence-electron chi connectivity index (χ2n) is 5.41. The van der Waals surface area contributed by atoms with Gasteiger partial charge in [0.1, 0.15) is 5.70 Å². The van der Waals surface area contributed by atoms with E-state index in [-0.39, 0.29) is 11.5 Å². The van der Waals surface area contributed by atoms with E-state index in [0.29, 0.717) is 15.7 Å². The third-order valence-electron chi connectivity index (χ3n) is 2.62. The highest BCUT2D eigenvalue weighted by Crippen LogP contribution is 2.27. The fourth-order valence-corrected chi connectivity index (χ4v) is 1.80. The van der Waals surface area contributed by atoms with Gasteiger partial charge in [-0.15, -0.1) is 0 Å². The van der Waals surface area contributed by atoms with Gasteiger partial charge in [-0.3, -0.25) is 4.79 Å². The Morgan fingerprint density at radius 2 is 1.86 bits per heavy atom. The lowest BCUT2D eigenvalue weighted by atomic mass is 9.90. The summed E-state index contributed by atoms with van der Waals surface area (Å²) in [6, 6.07) is 4.77. The van der Waals surface area contributed by atoms with Crippen molar-refractivity contribution in [1.82, 2.24) is 0 Å². The molecule has 0 saturated carbocycles. The van der Waals surface area contributed by atoms with Crippen LogP contribution in [-0.4, -0.2) is 18.9 Å². The SMILES string of the molecule is COC(=O)/C(=C/C(=O)C(C)(C)C)Nc1ccc(Cl)cc1Cl. The Labute approximate surface area is 134 Å². The van der Waals surface area contributed by atoms with Crippen LogP contribution < -0.4 is 5.32 Å². The van der Waals surface area contributed by atoms with Gasteiger partial charge >= 0.3 is 5.97 Å². The van der Waals surface area contributed by atoms with Gasteiger partial charge in [0.2, 0.25) is 0 Å². The van der Waals surface area contributed by atoms with Crippen LogP contribution >= 0.6 is 23.2 Å². The predicted octanol–water partition coefficient (Wildman–Crippen LogP) is 4.08. The number of anilines is 1. The summed E-state index contributed by atoms with van der Waals surface area (Å²) in [5, 5.41) is 3.61. The molecule has 1 aromatic carbocycles. The quantitative estimate of drug-likeness (QED) is 0.668. The van der Waals surface area contributed by atoms with E-state index >= 15 is 0 Å². The lowest BCUT2D eigenvalue weighted by molar-refractivity contribution is -0.136. The second-order valence-corrected chi connectivity index (χ2v) is 6.26. The number of carbonyl (C=O) groups is 2. The summed E-state index contributed by atoms with van der Waals surface area (Å²) in [5.41, 5.74) is -0.133. The van der Waals surface area contributed by atoms with E-state index in [4.69, 9.17) is 23.2 Å². The van der Waals surface area contributed by atoms with Crippen LogP contribution in [0.15, 0.2) is 30.0 Å². The minimum Gasteiger partial charge on any atom is -0.464 e. The average Bonchev–Trinajstić information content (AvgIpc) is 2.38. The van der Waals surface area contributed by atoms with E-state index in [1.165, 1.54) is 19.3 Å². The highest BCUT2D eigenvalue weighted by Gasteiger charge is 2.22. The average molecular weight is 330 g/mol. The smallest absolute Gasteiger partial charge is 0.354 e. The second kappa shape index (κ2) is 6.96. The number of methoxy groups -OCH3 is 1. The molecule has 114 valence electrons. The summed E-state index contributed by atoms with van der Waals surface area (Å²) < 4.78 is 4.67. The summed E-state index contributed by atoms with van der Waals surface area (Å²) in [5.74, 6) is -0.862. The van der Waals surface area contributed by atoms with Crippen LogP contribution in [0.3, 0.4) is 0 Å². The first-order valence-electron chi connectivity index (χ1n) is 6.21. The maximum absolute atomic E-state index is 12.0. The van der Waals surface area contributed by atoms with Gasteiger partial charge in [0.25, 0.3) is 0 Å². The minimum atomic E-state index is -0.654. The van der Waals surface area contributed by atoms with Crippen LogP contribution in [-0.2, 0) is 14.3 Å². The zero-order chi connectivity index (χ0) is 16.2. The van der Waals surface area contributed by atoms with E-state index in [1.807, 2.05) is 0 Å². The lowest BCUT2D eigenvalue weighted by Gasteiger charge is -2.16. The molecule has 6 heteroatoms. The summed E-state index contributed by atoms with van der Waals surface area (Å²) in [4.78, 5) is 23.8. The normalized spacial score (nSPS) is 12.0. The van der Waals surface area contributed by atoms with Crippen LogP contribution in [0.2, 0.25) is 10.0 Å². The van der Waals surface area contributed by atoms with Gasteiger partial charge in [-0.05, 0) is 18.2 Å². The van der Waals surface area contributed by atoms with Gasteiger partial charge in [-0.2, -0.15) is 0 Å². The number of ketones is 1. The summed E-state index contributed by atoms with van der Waals surface area (Å²) >= 11 is 11.9. The molecule has 0 saturated heterocycles. The minimum absolute atomic E-state index is 0.0154. The molecule has 1 N–H and O–H groups in total. The molecule has 0 atom stereocenters. The van der Waals surface area contributed by atoms with Crippen LogP contribution in [0, 0.1) is 5.41 Å². The van der Waals surface area contributed by atoms with Crippen molar-refractivity contribution in [3.05, 3.63) is 40.0 Å². The number of nitrogens with one attached hydrogen (secondary N) is 1. The van der Waals surface area contributed by atoms with Crippen LogP contribution in [0.25, 0.3) is 0 Å². The molecule has 0 amide bonds. The first-order valence-corrected chi connectivity index (χ1v) is 6.97. The van der Waals surface area contributed by atoms with Crippen molar-refractivity contribution < 1.29 is 14.3 Å². The number of hydrogen-bond acceptors (Lipinski definition) is 4. The molecule has 21 heavy (non-hydrogen) atoms. The molecule has 0 fully saturated rings. The topological polar surface area (TPSA) is 55.4 Å². The summed E-state index contributed by atoms with van der Waals surface area (Å²) in [6.07, 6.45) is 1.22. The first-order chi connectivity index (χ1) is 9.65. The number of halogens is 2. The molecule has 0 bridgehead atoms. The summed E-state index contributed by atoms with van der Waals surface area (Å²) in [7, 11) is 1.24. The molecule has 0 unspecified atom stereocenters. The van der Waals surface area contributed by atoms with Gasteiger partial charge in [0, 0.05) is 16.5 Å². The van der Waals surface area contributed by atoms with Gasteiger partial charge in [0.15, 0.2) is 5.78 Å². The number of carbonyl (C=O) groups excluding carboxylic acids is 2. The fraction of sp³-hybridized carbons (Fsp3) is 0.333. The Hall–Kier alpha value is -1.52. The Bertz CT molecular complexity index is 589. The van der Waals surface area contributed by atoms with E-state index < -0.39 is 11.4 Å². The van der Waals surface area contributed by atoms with E-state index in [1.54, 1.807) is 32.9 Å². The molecule has 0 spiro atoms. The van der Waals surface area contributed by atoms with Crippen molar-refractivity contribution in [2.75, 3.05) is 12.4 Å². The first kappa shape index (κ1) is 17.5. The third kappa shape index (κ3) is 5.06. The zero-order valence-corrected chi connectivity index (χ0v) is 13.8. The largest absolute Gasteiger partial charge is 0.464 e. The van der Waals surface area contributed by atoms with Crippen molar-refractivity contribution >= 4 is 40.6 Å². The molecule has 4 nitrogen and oxygen atoms in total. The molecular formula is C15H17Cl2NO3. The van der Waals surface area contributed by atoms with Gasteiger partial charge in [0.05, 0.1) is 17.8 Å². The number of rotatable bonds is 4. The highest BCUT2D eigenvalue weighted by molar-refractivity contribution is 6.36. The number of esters is 1. The maximum Gasteiger partial charge on any atom is 0.354 e. The number of allylic oxidation sites excluding steroid dienone is 1. The van der Waals surface area contributed by atoms with Crippen molar-refractivity contribution in [3.63, 3.8) is 0 Å². The highest BCUT2D eigenvalue weighted by atomic mass is 35.5. The third-order valence-corrected chi connectivity index (χ3v) is 3.17. The maximum atomic E-state index is 12.0. The number of benzene rings is 1. The molecule has 0 aromatic heterocycles. The monoisotopic (exact) mass is 329 g/mol. The standard InChI is InChI=1S/C15H17Cl2NO3/c1-15(2,3)13(19)8-12(14(20)21-4)18-11-6-5-9(16)7-10(11)17/h5-8,18H,1-4H3/b12-8-. The van der Waals surface area contributed by atoms with Crippen LogP contribution in [0.4, 0.5) is 5.69 Å². The Kier molecular flexibility index (Phi) is 5.81. The Morgan fingerprint density at radius 1 is 1.24 bits per heavy atom. The molecule has 0 radical (unpaired) electrons. The molecule has 0 heterocycles. The van der Waals surface area contributed by atoms with Crippen molar-refractivity contribution in [2.24, 2.45) is 5.41 Å². The van der Waals surface area contributed by atoms with E-state index in [0.717, 1.165) is 0 Å². The van der Waals surface area contributed by atoms with E-state index in [9.17, 15) is 9.59 Å². The Balaban J connectivity index is 3.13. The van der Waals surface area contributed by atoms with Gasteiger partial charge in [-0.25, -0.2) is 4.79 Å². The van der Waals surface area contributed by atoms with Crippen LogP contribution in [0.1, 0.15) is 20.8 Å². The molecule has 0 aliphatic rings. The van der Waals surface area contributed by atoms with Gasteiger partial charge < -0.3 is 10.1 Å². The summed E-state index contributed by atoms with van der Waals surface area (Å²) in [6.45, 7) is 5.28. The van der Waals surface area contributed by atoms with Crippen molar-refractivity contribution in [3.8, 4) is 0 Å². The molecule has 1 aromatic rings. The molecule has 0 aliphatic carbocycles.